The van der Waals surface area contributed by atoms with E-state index in [4.69, 9.17) is 17.0 Å². The number of anilines is 1. The summed E-state index contributed by atoms with van der Waals surface area (Å²) in [5.74, 6) is -0.558. The normalized spacial score (nSPS) is 10.6. The molecule has 148 valence electrons. The molecule has 0 aromatic heterocycles. The topological polar surface area (TPSA) is 114 Å². The maximum Gasteiger partial charge on any atom is 0.264 e. The van der Waals surface area contributed by atoms with Crippen LogP contribution in [-0.2, 0) is 19.6 Å². The van der Waals surface area contributed by atoms with Crippen molar-refractivity contribution < 1.29 is 22.7 Å². The summed E-state index contributed by atoms with van der Waals surface area (Å²) in [4.78, 5) is 22.8. The Morgan fingerprint density at radius 2 is 1.64 bits per heavy atom. The van der Waals surface area contributed by atoms with Crippen LogP contribution < -0.4 is 20.1 Å². The number of carbonyl (C=O) groups is 2. The quantitative estimate of drug-likeness (QED) is 0.609. The minimum Gasteiger partial charge on any atom is -0.484 e. The summed E-state index contributed by atoms with van der Waals surface area (Å²) < 4.78 is 31.0. The van der Waals surface area contributed by atoms with Crippen molar-refractivity contribution in [3.05, 3.63) is 54.1 Å². The van der Waals surface area contributed by atoms with E-state index in [-0.39, 0.29) is 16.6 Å². The van der Waals surface area contributed by atoms with Crippen LogP contribution in [-0.4, -0.2) is 32.0 Å². The highest BCUT2D eigenvalue weighted by Crippen LogP contribution is 2.14. The summed E-state index contributed by atoms with van der Waals surface area (Å²) in [5.41, 5.74) is 1.55. The van der Waals surface area contributed by atoms with Gasteiger partial charge in [-0.3, -0.25) is 14.9 Å². The molecule has 0 aliphatic heterocycles. The van der Waals surface area contributed by atoms with Crippen molar-refractivity contribution in [1.29, 1.82) is 0 Å². The Morgan fingerprint density at radius 1 is 1.04 bits per heavy atom. The van der Waals surface area contributed by atoms with Gasteiger partial charge in [0.1, 0.15) is 5.75 Å². The number of rotatable bonds is 6. The lowest BCUT2D eigenvalue weighted by atomic mass is 10.2. The van der Waals surface area contributed by atoms with E-state index in [0.29, 0.717) is 11.4 Å². The zero-order chi connectivity index (χ0) is 20.7. The zero-order valence-electron chi connectivity index (χ0n) is 15.2. The van der Waals surface area contributed by atoms with E-state index < -0.39 is 21.8 Å². The van der Waals surface area contributed by atoms with Gasteiger partial charge in [0, 0.05) is 12.6 Å². The van der Waals surface area contributed by atoms with Crippen LogP contribution in [0.1, 0.15) is 12.5 Å². The van der Waals surface area contributed by atoms with Crippen LogP contribution in [0, 0.1) is 6.92 Å². The van der Waals surface area contributed by atoms with Gasteiger partial charge in [0.25, 0.3) is 15.9 Å². The number of ether oxygens (including phenoxy) is 1. The zero-order valence-corrected chi connectivity index (χ0v) is 16.8. The fourth-order valence-corrected chi connectivity index (χ4v) is 3.30. The van der Waals surface area contributed by atoms with Gasteiger partial charge in [0.2, 0.25) is 5.91 Å². The van der Waals surface area contributed by atoms with Gasteiger partial charge < -0.3 is 10.1 Å². The van der Waals surface area contributed by atoms with E-state index in [1.165, 1.54) is 24.3 Å². The minimum absolute atomic E-state index is 0.0370. The van der Waals surface area contributed by atoms with Crippen LogP contribution in [0.4, 0.5) is 5.69 Å². The third-order valence-corrected chi connectivity index (χ3v) is 5.00. The lowest BCUT2D eigenvalue weighted by Gasteiger charge is -2.11. The van der Waals surface area contributed by atoms with Crippen molar-refractivity contribution in [1.82, 2.24) is 10.0 Å². The molecular weight excluding hydrogens is 402 g/mol. The van der Waals surface area contributed by atoms with Crippen molar-refractivity contribution in [3.8, 4) is 5.75 Å². The Kier molecular flexibility index (Phi) is 7.07. The second-order valence-electron chi connectivity index (χ2n) is 5.79. The molecule has 0 aliphatic carbocycles. The summed E-state index contributed by atoms with van der Waals surface area (Å²) in [7, 11) is -3.91. The molecule has 2 aromatic rings. The maximum absolute atomic E-state index is 11.9. The molecule has 0 saturated carbocycles. The van der Waals surface area contributed by atoms with Crippen molar-refractivity contribution in [3.63, 3.8) is 0 Å². The summed E-state index contributed by atoms with van der Waals surface area (Å²) in [6, 6.07) is 12.8. The molecule has 0 aliphatic rings. The average Bonchev–Trinajstić information content (AvgIpc) is 2.60. The first kappa shape index (κ1) is 21.3. The summed E-state index contributed by atoms with van der Waals surface area (Å²) in [6.07, 6.45) is 0. The van der Waals surface area contributed by atoms with Gasteiger partial charge in [-0.2, -0.15) is 0 Å². The molecule has 0 radical (unpaired) electrons. The Labute approximate surface area is 168 Å². The number of hydrogen-bond acceptors (Lipinski definition) is 6. The van der Waals surface area contributed by atoms with Crippen molar-refractivity contribution in [2.75, 3.05) is 11.9 Å². The molecule has 2 aromatic carbocycles. The molecule has 0 atom stereocenters. The van der Waals surface area contributed by atoms with E-state index in [9.17, 15) is 18.0 Å². The molecule has 2 amide bonds. The van der Waals surface area contributed by atoms with Gasteiger partial charge in [-0.1, -0.05) is 17.7 Å². The van der Waals surface area contributed by atoms with Gasteiger partial charge in [-0.25, -0.2) is 13.1 Å². The number of carbonyl (C=O) groups excluding carboxylic acids is 2. The Balaban J connectivity index is 1.86. The molecule has 0 bridgehead atoms. The van der Waals surface area contributed by atoms with Crippen molar-refractivity contribution in [2.45, 2.75) is 18.7 Å². The Hall–Kier alpha value is -2.98. The lowest BCUT2D eigenvalue weighted by Crippen LogP contribution is -2.37. The van der Waals surface area contributed by atoms with Gasteiger partial charge >= 0.3 is 0 Å². The first-order valence-electron chi connectivity index (χ1n) is 8.09. The minimum atomic E-state index is -3.91. The van der Waals surface area contributed by atoms with Crippen LogP contribution in [0.3, 0.4) is 0 Å². The highest BCUT2D eigenvalue weighted by atomic mass is 32.2. The third kappa shape index (κ3) is 6.63. The van der Waals surface area contributed by atoms with E-state index in [2.05, 4.69) is 10.6 Å². The summed E-state index contributed by atoms with van der Waals surface area (Å²) >= 11 is 5.05. The Bertz CT molecular complexity index is 971. The first-order valence-corrected chi connectivity index (χ1v) is 9.98. The van der Waals surface area contributed by atoms with Gasteiger partial charge in [0.15, 0.2) is 11.7 Å². The SMILES string of the molecule is CC(=O)NS(=O)(=O)c1ccc(NC(=S)NC(=O)COc2ccc(C)cc2)cc1. The monoisotopic (exact) mass is 421 g/mol. The molecule has 0 saturated heterocycles. The molecule has 8 nitrogen and oxygen atoms in total. The molecule has 3 N–H and O–H groups in total. The maximum atomic E-state index is 11.9. The van der Waals surface area contributed by atoms with Crippen LogP contribution in [0.15, 0.2) is 53.4 Å². The predicted molar refractivity (Wildman–Crippen MR) is 108 cm³/mol. The second kappa shape index (κ2) is 9.29. The average molecular weight is 422 g/mol. The number of amides is 2. The number of aryl methyl sites for hydroxylation is 1. The van der Waals surface area contributed by atoms with Crippen molar-refractivity contribution >= 4 is 44.9 Å². The summed E-state index contributed by atoms with van der Waals surface area (Å²) in [5, 5.41) is 5.26. The highest BCUT2D eigenvalue weighted by Gasteiger charge is 2.15. The van der Waals surface area contributed by atoms with Gasteiger partial charge in [0.05, 0.1) is 4.90 Å². The van der Waals surface area contributed by atoms with Crippen LogP contribution in [0.5, 0.6) is 5.75 Å². The van der Waals surface area contributed by atoms with E-state index in [0.717, 1.165) is 12.5 Å². The highest BCUT2D eigenvalue weighted by molar-refractivity contribution is 7.90. The smallest absolute Gasteiger partial charge is 0.264 e. The molecule has 28 heavy (non-hydrogen) atoms. The molecule has 0 unspecified atom stereocenters. The first-order chi connectivity index (χ1) is 13.2. The summed E-state index contributed by atoms with van der Waals surface area (Å²) in [6.45, 7) is 2.85. The second-order valence-corrected chi connectivity index (χ2v) is 7.88. The number of benzene rings is 2. The van der Waals surface area contributed by atoms with E-state index in [1.54, 1.807) is 12.1 Å². The van der Waals surface area contributed by atoms with E-state index >= 15 is 0 Å². The number of nitrogens with one attached hydrogen (secondary N) is 3. The number of thiocarbonyl (C=S) groups is 1. The standard InChI is InChI=1S/C18H19N3O5S2/c1-12-3-7-15(8-4-12)26-11-17(23)20-18(27)19-14-5-9-16(10-6-14)28(24,25)21-13(2)22/h3-10H,11H2,1-2H3,(H,21,22)(H2,19,20,23,27). The Morgan fingerprint density at radius 3 is 2.21 bits per heavy atom. The predicted octanol–water partition coefficient (Wildman–Crippen LogP) is 1.71. The number of hydrogen-bond donors (Lipinski definition) is 3. The molecule has 0 spiro atoms. The van der Waals surface area contributed by atoms with Crippen LogP contribution in [0.25, 0.3) is 0 Å². The molecule has 2 rings (SSSR count). The lowest BCUT2D eigenvalue weighted by molar-refractivity contribution is -0.121. The van der Waals surface area contributed by atoms with E-state index in [1.807, 2.05) is 23.8 Å². The van der Waals surface area contributed by atoms with Crippen LogP contribution in [0.2, 0.25) is 0 Å². The fourth-order valence-electron chi connectivity index (χ4n) is 2.07. The molecular formula is C18H19N3O5S2. The molecule has 0 fully saturated rings. The van der Waals surface area contributed by atoms with Crippen molar-refractivity contribution in [2.24, 2.45) is 0 Å². The van der Waals surface area contributed by atoms with Crippen LogP contribution >= 0.6 is 12.2 Å². The van der Waals surface area contributed by atoms with Gasteiger partial charge in [-0.05, 0) is 55.5 Å². The number of sulfonamides is 1. The molecule has 0 heterocycles. The molecule has 10 heteroatoms. The van der Waals surface area contributed by atoms with Gasteiger partial charge in [-0.15, -0.1) is 0 Å². The fraction of sp³-hybridized carbons (Fsp3) is 0.167. The largest absolute Gasteiger partial charge is 0.484 e. The third-order valence-electron chi connectivity index (χ3n) is 3.34.